The molecule has 0 aromatic heterocycles. The van der Waals surface area contributed by atoms with Crippen LogP contribution in [0.25, 0.3) is 0 Å². The lowest BCUT2D eigenvalue weighted by Gasteiger charge is -2.23. The predicted molar refractivity (Wildman–Crippen MR) is 88.6 cm³/mol. The average molecular weight is 304 g/mol. The maximum atomic E-state index is 9.86. The Hall–Kier alpha value is 0.230. The number of nitrogens with one attached hydrogen (secondary N) is 1. The van der Waals surface area contributed by atoms with Gasteiger partial charge in [0.1, 0.15) is 0 Å². The molecule has 2 N–H and O–H groups in total. The molecule has 1 rings (SSSR count). The minimum Gasteiger partial charge on any atom is -0.389 e. The van der Waals surface area contributed by atoms with Crippen LogP contribution in [0.5, 0.6) is 0 Å². The Morgan fingerprint density at radius 1 is 1.25 bits per heavy atom. The number of rotatable bonds is 12. The first-order valence-electron chi connectivity index (χ1n) is 8.40. The van der Waals surface area contributed by atoms with E-state index in [9.17, 15) is 5.11 Å². The first-order chi connectivity index (χ1) is 9.83. The van der Waals surface area contributed by atoms with Crippen molar-refractivity contribution in [3.63, 3.8) is 0 Å². The summed E-state index contributed by atoms with van der Waals surface area (Å²) in [6.45, 7) is 4.18. The SMILES string of the molecule is CCCCCCCCOCC(O)CNC1CCCSC1. The van der Waals surface area contributed by atoms with Crippen molar-refractivity contribution in [2.24, 2.45) is 0 Å². The molecular formula is C16H33NO2S. The quantitative estimate of drug-likeness (QED) is 0.543. The molecule has 2 unspecified atom stereocenters. The van der Waals surface area contributed by atoms with Crippen molar-refractivity contribution in [3.8, 4) is 0 Å². The number of ether oxygens (including phenoxy) is 1. The van der Waals surface area contributed by atoms with Gasteiger partial charge in [-0.3, -0.25) is 0 Å². The summed E-state index contributed by atoms with van der Waals surface area (Å²) in [6.07, 6.45) is 9.90. The van der Waals surface area contributed by atoms with Gasteiger partial charge in [-0.25, -0.2) is 0 Å². The molecule has 0 aromatic carbocycles. The Bertz CT molecular complexity index is 211. The molecule has 0 radical (unpaired) electrons. The summed E-state index contributed by atoms with van der Waals surface area (Å²) in [7, 11) is 0. The third-order valence-corrected chi connectivity index (χ3v) is 4.97. The molecule has 1 aliphatic rings. The van der Waals surface area contributed by atoms with Gasteiger partial charge < -0.3 is 15.2 Å². The average Bonchev–Trinajstić information content (AvgIpc) is 2.49. The second-order valence-corrected chi connectivity index (χ2v) is 6.97. The van der Waals surface area contributed by atoms with Crippen LogP contribution in [-0.2, 0) is 4.74 Å². The van der Waals surface area contributed by atoms with Crippen LogP contribution < -0.4 is 5.32 Å². The maximum absolute atomic E-state index is 9.86. The van der Waals surface area contributed by atoms with Crippen molar-refractivity contribution in [1.82, 2.24) is 5.32 Å². The summed E-state index contributed by atoms with van der Waals surface area (Å²) < 4.78 is 5.55. The molecule has 0 spiro atoms. The van der Waals surface area contributed by atoms with Gasteiger partial charge in [-0.1, -0.05) is 39.0 Å². The van der Waals surface area contributed by atoms with Crippen LogP contribution in [0, 0.1) is 0 Å². The molecular weight excluding hydrogens is 270 g/mol. The lowest BCUT2D eigenvalue weighted by molar-refractivity contribution is 0.0342. The van der Waals surface area contributed by atoms with E-state index < -0.39 is 0 Å². The van der Waals surface area contributed by atoms with E-state index in [1.807, 2.05) is 11.8 Å². The number of aliphatic hydroxyl groups excluding tert-OH is 1. The van der Waals surface area contributed by atoms with Gasteiger partial charge in [0, 0.05) is 24.9 Å². The summed E-state index contributed by atoms with van der Waals surface area (Å²) in [5.41, 5.74) is 0. The van der Waals surface area contributed by atoms with Crippen molar-refractivity contribution in [2.45, 2.75) is 70.4 Å². The first kappa shape index (κ1) is 18.3. The van der Waals surface area contributed by atoms with E-state index in [2.05, 4.69) is 12.2 Å². The van der Waals surface area contributed by atoms with E-state index in [1.54, 1.807) is 0 Å². The van der Waals surface area contributed by atoms with E-state index in [4.69, 9.17) is 4.74 Å². The lowest BCUT2D eigenvalue weighted by Crippen LogP contribution is -2.40. The number of hydrogen-bond donors (Lipinski definition) is 2. The highest BCUT2D eigenvalue weighted by molar-refractivity contribution is 7.99. The third kappa shape index (κ3) is 10.0. The second-order valence-electron chi connectivity index (χ2n) is 5.82. The fraction of sp³-hybridized carbons (Fsp3) is 1.00. The summed E-state index contributed by atoms with van der Waals surface area (Å²) >= 11 is 2.01. The molecule has 0 saturated carbocycles. The summed E-state index contributed by atoms with van der Waals surface area (Å²) in [6, 6.07) is 0.585. The molecule has 20 heavy (non-hydrogen) atoms. The highest BCUT2D eigenvalue weighted by Crippen LogP contribution is 2.16. The number of unbranched alkanes of at least 4 members (excludes halogenated alkanes) is 5. The molecule has 1 fully saturated rings. The number of thioether (sulfide) groups is 1. The van der Waals surface area contributed by atoms with E-state index in [1.165, 1.54) is 56.5 Å². The van der Waals surface area contributed by atoms with Crippen LogP contribution in [0.1, 0.15) is 58.3 Å². The second kappa shape index (κ2) is 12.9. The standard InChI is InChI=1S/C16H33NO2S/c1-2-3-4-5-6-7-10-19-13-16(18)12-17-15-9-8-11-20-14-15/h15-18H,2-14H2,1H3. The fourth-order valence-corrected chi connectivity index (χ4v) is 3.57. The molecule has 4 heteroatoms. The lowest BCUT2D eigenvalue weighted by atomic mass is 10.1. The molecule has 0 aliphatic carbocycles. The van der Waals surface area contributed by atoms with E-state index in [0.29, 0.717) is 19.2 Å². The summed E-state index contributed by atoms with van der Waals surface area (Å²) in [5, 5.41) is 13.3. The van der Waals surface area contributed by atoms with Gasteiger partial charge in [0.15, 0.2) is 0 Å². The molecule has 1 saturated heterocycles. The Morgan fingerprint density at radius 3 is 2.80 bits per heavy atom. The van der Waals surface area contributed by atoms with Gasteiger partial charge in [-0.15, -0.1) is 0 Å². The highest BCUT2D eigenvalue weighted by Gasteiger charge is 2.14. The van der Waals surface area contributed by atoms with Crippen molar-refractivity contribution in [2.75, 3.05) is 31.3 Å². The van der Waals surface area contributed by atoms with Gasteiger partial charge >= 0.3 is 0 Å². The fourth-order valence-electron chi connectivity index (χ4n) is 2.47. The third-order valence-electron chi connectivity index (χ3n) is 3.75. The topological polar surface area (TPSA) is 41.5 Å². The molecule has 1 aliphatic heterocycles. The smallest absolute Gasteiger partial charge is 0.0897 e. The molecule has 120 valence electrons. The normalized spacial score (nSPS) is 21.0. The molecule has 2 atom stereocenters. The minimum atomic E-state index is -0.359. The Kier molecular flexibility index (Phi) is 11.8. The van der Waals surface area contributed by atoms with Crippen molar-refractivity contribution in [3.05, 3.63) is 0 Å². The van der Waals surface area contributed by atoms with E-state index in [-0.39, 0.29) is 6.10 Å². The zero-order valence-corrected chi connectivity index (χ0v) is 13.9. The minimum absolute atomic E-state index is 0.359. The van der Waals surface area contributed by atoms with Gasteiger partial charge in [-0.2, -0.15) is 11.8 Å². The van der Waals surface area contributed by atoms with Gasteiger partial charge in [0.05, 0.1) is 12.7 Å². The van der Waals surface area contributed by atoms with Gasteiger partial charge in [-0.05, 0) is 25.0 Å². The van der Waals surface area contributed by atoms with Crippen LogP contribution in [0.3, 0.4) is 0 Å². The van der Waals surface area contributed by atoms with Gasteiger partial charge in [0.25, 0.3) is 0 Å². The summed E-state index contributed by atoms with van der Waals surface area (Å²) in [5.74, 6) is 2.48. The molecule has 0 amide bonds. The maximum Gasteiger partial charge on any atom is 0.0897 e. The molecule has 0 bridgehead atoms. The Morgan fingerprint density at radius 2 is 2.05 bits per heavy atom. The van der Waals surface area contributed by atoms with Crippen LogP contribution in [0.15, 0.2) is 0 Å². The summed E-state index contributed by atoms with van der Waals surface area (Å²) in [4.78, 5) is 0. The van der Waals surface area contributed by atoms with Crippen molar-refractivity contribution < 1.29 is 9.84 Å². The largest absolute Gasteiger partial charge is 0.389 e. The number of hydrogen-bond acceptors (Lipinski definition) is 4. The van der Waals surface area contributed by atoms with E-state index >= 15 is 0 Å². The van der Waals surface area contributed by atoms with Crippen LogP contribution in [0.2, 0.25) is 0 Å². The monoisotopic (exact) mass is 303 g/mol. The molecule has 1 heterocycles. The predicted octanol–water partition coefficient (Wildman–Crippen LogP) is 3.21. The Labute approximate surface area is 129 Å². The van der Waals surface area contributed by atoms with E-state index in [0.717, 1.165) is 13.0 Å². The zero-order chi connectivity index (χ0) is 14.5. The van der Waals surface area contributed by atoms with Crippen LogP contribution >= 0.6 is 11.8 Å². The number of aliphatic hydroxyl groups is 1. The van der Waals surface area contributed by atoms with Crippen molar-refractivity contribution >= 4 is 11.8 Å². The first-order valence-corrected chi connectivity index (χ1v) is 9.55. The van der Waals surface area contributed by atoms with Gasteiger partial charge in [0.2, 0.25) is 0 Å². The molecule has 0 aromatic rings. The van der Waals surface area contributed by atoms with Crippen LogP contribution in [-0.4, -0.2) is 48.5 Å². The highest BCUT2D eigenvalue weighted by atomic mass is 32.2. The van der Waals surface area contributed by atoms with Crippen molar-refractivity contribution in [1.29, 1.82) is 0 Å². The molecule has 3 nitrogen and oxygen atoms in total. The van der Waals surface area contributed by atoms with Crippen LogP contribution in [0.4, 0.5) is 0 Å². The zero-order valence-electron chi connectivity index (χ0n) is 13.1. The Balaban J connectivity index is 1.83.